The van der Waals surface area contributed by atoms with E-state index in [1.165, 1.54) is 0 Å². The quantitative estimate of drug-likeness (QED) is 0.811. The molecule has 28 heavy (non-hydrogen) atoms. The van der Waals surface area contributed by atoms with E-state index in [0.717, 1.165) is 28.3 Å². The second kappa shape index (κ2) is 7.02. The normalized spacial score (nSPS) is 21.2. The Hall–Kier alpha value is -2.73. The molecule has 0 radical (unpaired) electrons. The van der Waals surface area contributed by atoms with Crippen molar-refractivity contribution in [3.63, 3.8) is 0 Å². The summed E-state index contributed by atoms with van der Waals surface area (Å²) in [4.78, 5) is 31.5. The van der Waals surface area contributed by atoms with E-state index in [1.54, 1.807) is 29.7 Å². The van der Waals surface area contributed by atoms with E-state index in [0.29, 0.717) is 17.8 Å². The lowest BCUT2D eigenvalue weighted by molar-refractivity contribution is -0.118. The van der Waals surface area contributed by atoms with Crippen LogP contribution in [0.2, 0.25) is 0 Å². The van der Waals surface area contributed by atoms with Gasteiger partial charge >= 0.3 is 0 Å². The van der Waals surface area contributed by atoms with Gasteiger partial charge in [-0.25, -0.2) is 4.98 Å². The van der Waals surface area contributed by atoms with Crippen LogP contribution in [0.4, 0.5) is 5.82 Å². The average molecular weight is 394 g/mol. The van der Waals surface area contributed by atoms with Crippen LogP contribution in [0.3, 0.4) is 0 Å². The van der Waals surface area contributed by atoms with Gasteiger partial charge in [-0.15, -0.1) is 11.3 Å². The minimum atomic E-state index is -0.344. The maximum absolute atomic E-state index is 13.2. The van der Waals surface area contributed by atoms with Crippen LogP contribution >= 0.6 is 11.3 Å². The highest BCUT2D eigenvalue weighted by atomic mass is 32.1. The van der Waals surface area contributed by atoms with Crippen LogP contribution in [0, 0.1) is 5.41 Å². The molecule has 2 N–H and O–H groups in total. The van der Waals surface area contributed by atoms with Crippen molar-refractivity contribution in [1.29, 1.82) is 0 Å². The van der Waals surface area contributed by atoms with Crippen molar-refractivity contribution in [2.75, 3.05) is 5.32 Å². The highest BCUT2D eigenvalue weighted by Crippen LogP contribution is 2.47. The molecule has 0 saturated heterocycles. The molecule has 0 saturated carbocycles. The van der Waals surface area contributed by atoms with E-state index < -0.39 is 0 Å². The Morgan fingerprint density at radius 1 is 1.25 bits per heavy atom. The fourth-order valence-corrected chi connectivity index (χ4v) is 4.94. The van der Waals surface area contributed by atoms with E-state index in [4.69, 9.17) is 0 Å². The smallest absolute Gasteiger partial charge is 0.255 e. The Labute approximate surface area is 168 Å². The first-order valence-corrected chi connectivity index (χ1v) is 10.2. The summed E-state index contributed by atoms with van der Waals surface area (Å²) in [6, 6.07) is 9.34. The number of Topliss-reactive ketones (excluding diaryl/α,β-unsaturated/α-hetero) is 1. The second-order valence-corrected chi connectivity index (χ2v) is 9.09. The largest absolute Gasteiger partial charge is 0.362 e. The van der Waals surface area contributed by atoms with Crippen molar-refractivity contribution in [1.82, 2.24) is 10.3 Å². The number of rotatable bonds is 3. The predicted molar refractivity (Wildman–Crippen MR) is 111 cm³/mol. The van der Waals surface area contributed by atoms with Crippen LogP contribution in [0.15, 0.2) is 64.4 Å². The number of dihydropyridines is 1. The summed E-state index contributed by atoms with van der Waals surface area (Å²) in [6.45, 7) is 6.13. The summed E-state index contributed by atoms with van der Waals surface area (Å²) in [5.41, 5.74) is 2.97. The number of nitrogens with zero attached hydrogens (tertiary/aromatic N) is 1. The Kier molecular flexibility index (Phi) is 4.67. The minimum Gasteiger partial charge on any atom is -0.362 e. The predicted octanol–water partition coefficient (Wildman–Crippen LogP) is 4.39. The van der Waals surface area contributed by atoms with Gasteiger partial charge in [0.05, 0.1) is 5.92 Å². The molecular weight excluding hydrogens is 370 g/mol. The van der Waals surface area contributed by atoms with Gasteiger partial charge in [0.2, 0.25) is 0 Å². The number of thiophene rings is 1. The van der Waals surface area contributed by atoms with Gasteiger partial charge in [-0.3, -0.25) is 9.59 Å². The van der Waals surface area contributed by atoms with Crippen LogP contribution < -0.4 is 10.6 Å². The van der Waals surface area contributed by atoms with Gasteiger partial charge in [0, 0.05) is 40.0 Å². The summed E-state index contributed by atoms with van der Waals surface area (Å²) >= 11 is 1.57. The van der Waals surface area contributed by atoms with Crippen LogP contribution in [-0.4, -0.2) is 16.7 Å². The number of allylic oxidation sites excluding steroid dienone is 3. The molecule has 5 nitrogen and oxygen atoms in total. The molecule has 1 atom stereocenters. The summed E-state index contributed by atoms with van der Waals surface area (Å²) in [7, 11) is 0. The number of anilines is 1. The van der Waals surface area contributed by atoms with E-state index in [2.05, 4.69) is 29.5 Å². The molecule has 6 heteroatoms. The molecule has 3 heterocycles. The fourth-order valence-electron chi connectivity index (χ4n) is 4.10. The standard InChI is InChI=1S/C22H23N3O2S/c1-13-18(21(27)25-17-8-4-5-9-23-17)20(16-7-6-10-28-16)19-14(24-13)11-22(2,3)12-15(19)26/h4-10,20,24H,11-12H2,1-3H3,(H,23,25,27). The van der Waals surface area contributed by atoms with Gasteiger partial charge in [0.25, 0.3) is 5.91 Å². The zero-order valence-electron chi connectivity index (χ0n) is 16.2. The number of carbonyl (C=O) groups excluding carboxylic acids is 2. The summed E-state index contributed by atoms with van der Waals surface area (Å²) in [5, 5.41) is 8.24. The number of hydrogen-bond acceptors (Lipinski definition) is 5. The zero-order valence-corrected chi connectivity index (χ0v) is 17.0. The first kappa shape index (κ1) is 18.6. The maximum Gasteiger partial charge on any atom is 0.255 e. The van der Waals surface area contributed by atoms with E-state index in [9.17, 15) is 9.59 Å². The van der Waals surface area contributed by atoms with Crippen LogP contribution in [0.5, 0.6) is 0 Å². The van der Waals surface area contributed by atoms with Crippen LogP contribution in [0.1, 0.15) is 44.4 Å². The van der Waals surface area contributed by atoms with Crippen molar-refractivity contribution < 1.29 is 9.59 Å². The summed E-state index contributed by atoms with van der Waals surface area (Å²) < 4.78 is 0. The number of ketones is 1. The lowest BCUT2D eigenvalue weighted by atomic mass is 9.69. The monoisotopic (exact) mass is 393 g/mol. The molecule has 144 valence electrons. The Balaban J connectivity index is 1.78. The van der Waals surface area contributed by atoms with E-state index in [1.807, 2.05) is 30.5 Å². The molecule has 2 aromatic rings. The first-order chi connectivity index (χ1) is 13.4. The average Bonchev–Trinajstić information content (AvgIpc) is 3.14. The topological polar surface area (TPSA) is 71.1 Å². The maximum atomic E-state index is 13.2. The molecule has 0 bridgehead atoms. The van der Waals surface area contributed by atoms with Crippen LogP contribution in [-0.2, 0) is 9.59 Å². The zero-order chi connectivity index (χ0) is 19.9. The molecule has 1 aliphatic carbocycles. The van der Waals surface area contributed by atoms with Crippen molar-refractivity contribution in [3.05, 3.63) is 69.3 Å². The molecule has 2 aromatic heterocycles. The van der Waals surface area contributed by atoms with Gasteiger partial charge in [-0.05, 0) is 42.3 Å². The second-order valence-electron chi connectivity index (χ2n) is 8.11. The van der Waals surface area contributed by atoms with Crippen molar-refractivity contribution in [3.8, 4) is 0 Å². The molecule has 2 aliphatic rings. The molecule has 1 unspecified atom stereocenters. The number of pyridine rings is 1. The number of aromatic nitrogens is 1. The number of amides is 1. The number of nitrogens with one attached hydrogen (secondary N) is 2. The van der Waals surface area contributed by atoms with Crippen molar-refractivity contribution in [2.45, 2.75) is 39.5 Å². The van der Waals surface area contributed by atoms with Crippen molar-refractivity contribution in [2.24, 2.45) is 5.41 Å². The van der Waals surface area contributed by atoms with Gasteiger partial charge in [-0.1, -0.05) is 26.0 Å². The SMILES string of the molecule is CC1=C(C(=O)Nc2ccccn2)C(c2cccs2)C2=C(CC(C)(C)CC2=O)N1. The molecule has 1 amide bonds. The third-order valence-electron chi connectivity index (χ3n) is 5.22. The van der Waals surface area contributed by atoms with Gasteiger partial charge in [-0.2, -0.15) is 0 Å². The Morgan fingerprint density at radius 2 is 2.07 bits per heavy atom. The highest BCUT2D eigenvalue weighted by Gasteiger charge is 2.43. The first-order valence-electron chi connectivity index (χ1n) is 9.35. The number of hydrogen-bond donors (Lipinski definition) is 2. The molecule has 1 aliphatic heterocycles. The summed E-state index contributed by atoms with van der Waals surface area (Å²) in [6.07, 6.45) is 2.92. The molecular formula is C22H23N3O2S. The molecule has 0 fully saturated rings. The van der Waals surface area contributed by atoms with Crippen molar-refractivity contribution >= 4 is 28.8 Å². The van der Waals surface area contributed by atoms with Gasteiger partial charge in [0.1, 0.15) is 5.82 Å². The van der Waals surface area contributed by atoms with Gasteiger partial charge < -0.3 is 10.6 Å². The lowest BCUT2D eigenvalue weighted by Crippen LogP contribution is -2.39. The minimum absolute atomic E-state index is 0.0864. The Bertz CT molecular complexity index is 988. The fraction of sp³-hybridized carbons (Fsp3) is 0.318. The molecule has 4 rings (SSSR count). The molecule has 0 aromatic carbocycles. The van der Waals surface area contributed by atoms with E-state index in [-0.39, 0.29) is 23.0 Å². The number of carbonyl (C=O) groups is 2. The third-order valence-corrected chi connectivity index (χ3v) is 6.16. The van der Waals surface area contributed by atoms with Gasteiger partial charge in [0.15, 0.2) is 5.78 Å². The molecule has 0 spiro atoms. The lowest BCUT2D eigenvalue weighted by Gasteiger charge is -2.39. The highest BCUT2D eigenvalue weighted by molar-refractivity contribution is 7.10. The van der Waals surface area contributed by atoms with Crippen LogP contribution in [0.25, 0.3) is 0 Å². The van der Waals surface area contributed by atoms with E-state index >= 15 is 0 Å². The third kappa shape index (κ3) is 3.40. The summed E-state index contributed by atoms with van der Waals surface area (Å²) in [5.74, 6) is 0.0382. The Morgan fingerprint density at radius 3 is 2.75 bits per heavy atom.